The van der Waals surface area contributed by atoms with Crippen LogP contribution in [0.25, 0.3) is 0 Å². The van der Waals surface area contributed by atoms with Crippen LogP contribution in [0, 0.1) is 0 Å². The van der Waals surface area contributed by atoms with Crippen molar-refractivity contribution >= 4 is 23.3 Å². The quantitative estimate of drug-likeness (QED) is 0.568. The average Bonchev–Trinajstić information content (AvgIpc) is 3.08. The Morgan fingerprint density at radius 2 is 2.00 bits per heavy atom. The molecule has 1 aromatic carbocycles. The lowest BCUT2D eigenvalue weighted by molar-refractivity contribution is 0.0936. The summed E-state index contributed by atoms with van der Waals surface area (Å²) in [6.07, 6.45) is 4.53. The zero-order valence-corrected chi connectivity index (χ0v) is 16.4. The van der Waals surface area contributed by atoms with E-state index in [4.69, 9.17) is 0 Å². The summed E-state index contributed by atoms with van der Waals surface area (Å²) in [5, 5.41) is 5.69. The molecule has 0 saturated heterocycles. The highest BCUT2D eigenvalue weighted by atomic mass is 16.2. The predicted molar refractivity (Wildman–Crippen MR) is 107 cm³/mol. The molecule has 0 aliphatic carbocycles. The molecule has 1 aromatic heterocycles. The molecule has 1 aliphatic heterocycles. The number of ketones is 1. The third-order valence-corrected chi connectivity index (χ3v) is 4.88. The number of rotatable bonds is 7. The minimum atomic E-state index is -0.362. The summed E-state index contributed by atoms with van der Waals surface area (Å²) in [4.78, 5) is 41.4. The molecule has 148 valence electrons. The molecule has 0 bridgehead atoms. The van der Waals surface area contributed by atoms with Crippen LogP contribution in [0.1, 0.15) is 76.7 Å². The maximum Gasteiger partial charge on any atom is 0.287 e. The molecule has 7 heteroatoms. The first-order valence-electron chi connectivity index (χ1n) is 9.81. The van der Waals surface area contributed by atoms with E-state index in [1.807, 2.05) is 4.57 Å². The standard InChI is InChI=1S/C21H26N4O3/c1-3-4-11-22-21(28)19-24-18(17-10-5-6-12-25(17)19)20(27)23-16-9-7-8-15(13-16)14(2)26/h7-9,13H,3-6,10-12H2,1-2H3,(H,22,28)(H,23,27). The van der Waals surface area contributed by atoms with Crippen LogP contribution in [0.4, 0.5) is 5.69 Å². The number of aromatic nitrogens is 2. The Hall–Kier alpha value is -2.96. The Balaban J connectivity index is 1.85. The molecule has 28 heavy (non-hydrogen) atoms. The number of fused-ring (bicyclic) bond motifs is 1. The van der Waals surface area contributed by atoms with Crippen LogP contribution in [-0.2, 0) is 13.0 Å². The summed E-state index contributed by atoms with van der Waals surface area (Å²) in [5.41, 5.74) is 2.14. The summed E-state index contributed by atoms with van der Waals surface area (Å²) >= 11 is 0. The first-order chi connectivity index (χ1) is 13.5. The SMILES string of the molecule is CCCCNC(=O)c1nc(C(=O)Nc2cccc(C(C)=O)c2)c2n1CCCC2. The molecule has 0 spiro atoms. The van der Waals surface area contributed by atoms with Crippen LogP contribution in [0.5, 0.6) is 0 Å². The third kappa shape index (κ3) is 4.30. The second-order valence-corrected chi connectivity index (χ2v) is 7.04. The largest absolute Gasteiger partial charge is 0.349 e. The number of anilines is 1. The van der Waals surface area contributed by atoms with Gasteiger partial charge in [-0.15, -0.1) is 0 Å². The van der Waals surface area contributed by atoms with Gasteiger partial charge in [0.1, 0.15) is 0 Å². The second kappa shape index (κ2) is 8.82. The number of imidazole rings is 1. The number of carbonyl (C=O) groups excluding carboxylic acids is 3. The van der Waals surface area contributed by atoms with Gasteiger partial charge in [-0.1, -0.05) is 25.5 Å². The van der Waals surface area contributed by atoms with Crippen molar-refractivity contribution in [3.05, 3.63) is 47.0 Å². The fraction of sp³-hybridized carbons (Fsp3) is 0.429. The van der Waals surface area contributed by atoms with Crippen LogP contribution in [0.15, 0.2) is 24.3 Å². The number of benzene rings is 1. The highest BCUT2D eigenvalue weighted by molar-refractivity contribution is 6.05. The van der Waals surface area contributed by atoms with Crippen molar-refractivity contribution in [2.45, 2.75) is 52.5 Å². The number of carbonyl (C=O) groups is 3. The van der Waals surface area contributed by atoms with E-state index in [-0.39, 0.29) is 23.3 Å². The van der Waals surface area contributed by atoms with Gasteiger partial charge in [0.05, 0.1) is 5.69 Å². The van der Waals surface area contributed by atoms with Crippen LogP contribution in [-0.4, -0.2) is 33.7 Å². The zero-order valence-electron chi connectivity index (χ0n) is 16.4. The number of hydrogen-bond acceptors (Lipinski definition) is 4. The van der Waals surface area contributed by atoms with E-state index in [9.17, 15) is 14.4 Å². The van der Waals surface area contributed by atoms with Crippen molar-refractivity contribution in [1.82, 2.24) is 14.9 Å². The first-order valence-corrected chi connectivity index (χ1v) is 9.81. The van der Waals surface area contributed by atoms with E-state index in [0.717, 1.165) is 31.4 Å². The smallest absolute Gasteiger partial charge is 0.287 e. The highest BCUT2D eigenvalue weighted by Crippen LogP contribution is 2.22. The number of nitrogens with zero attached hydrogens (tertiary/aromatic N) is 2. The minimum Gasteiger partial charge on any atom is -0.349 e. The minimum absolute atomic E-state index is 0.0680. The predicted octanol–water partition coefficient (Wildman–Crippen LogP) is 3.20. The van der Waals surface area contributed by atoms with Gasteiger partial charge in [-0.25, -0.2) is 4.98 Å². The number of unbranched alkanes of at least 4 members (excludes halogenated alkanes) is 1. The molecule has 1 aliphatic rings. The average molecular weight is 382 g/mol. The van der Waals surface area contributed by atoms with Crippen LogP contribution in [0.3, 0.4) is 0 Å². The van der Waals surface area contributed by atoms with Gasteiger partial charge in [-0.2, -0.15) is 0 Å². The third-order valence-electron chi connectivity index (χ3n) is 4.88. The molecule has 2 aromatic rings. The molecule has 2 amide bonds. The lowest BCUT2D eigenvalue weighted by Crippen LogP contribution is -2.28. The Kier molecular flexibility index (Phi) is 6.23. The Morgan fingerprint density at radius 1 is 1.18 bits per heavy atom. The van der Waals surface area contributed by atoms with Crippen molar-refractivity contribution in [2.24, 2.45) is 0 Å². The van der Waals surface area contributed by atoms with Gasteiger partial charge in [-0.3, -0.25) is 14.4 Å². The molecular formula is C21H26N4O3. The van der Waals surface area contributed by atoms with E-state index in [1.165, 1.54) is 6.92 Å². The molecule has 0 fully saturated rings. The number of nitrogens with one attached hydrogen (secondary N) is 2. The number of hydrogen-bond donors (Lipinski definition) is 2. The van der Waals surface area contributed by atoms with Gasteiger partial charge in [0.2, 0.25) is 0 Å². The summed E-state index contributed by atoms with van der Waals surface area (Å²) in [6, 6.07) is 6.79. The molecule has 0 radical (unpaired) electrons. The fourth-order valence-electron chi connectivity index (χ4n) is 3.36. The Labute approximate surface area is 164 Å². The van der Waals surface area contributed by atoms with Crippen molar-refractivity contribution < 1.29 is 14.4 Å². The zero-order chi connectivity index (χ0) is 20.1. The lowest BCUT2D eigenvalue weighted by atomic mass is 10.1. The molecule has 0 unspecified atom stereocenters. The van der Waals surface area contributed by atoms with Gasteiger partial charge in [-0.05, 0) is 44.7 Å². The summed E-state index contributed by atoms with van der Waals surface area (Å²) < 4.78 is 1.87. The molecule has 2 N–H and O–H groups in total. The van der Waals surface area contributed by atoms with E-state index in [1.54, 1.807) is 24.3 Å². The van der Waals surface area contributed by atoms with Crippen LogP contribution >= 0.6 is 0 Å². The van der Waals surface area contributed by atoms with Crippen molar-refractivity contribution in [3.63, 3.8) is 0 Å². The lowest BCUT2D eigenvalue weighted by Gasteiger charge is -2.17. The van der Waals surface area contributed by atoms with Gasteiger partial charge < -0.3 is 15.2 Å². The van der Waals surface area contributed by atoms with E-state index >= 15 is 0 Å². The Bertz CT molecular complexity index is 901. The highest BCUT2D eigenvalue weighted by Gasteiger charge is 2.27. The fourth-order valence-corrected chi connectivity index (χ4v) is 3.36. The summed E-state index contributed by atoms with van der Waals surface area (Å²) in [5.74, 6) is -0.372. The van der Waals surface area contributed by atoms with Gasteiger partial charge >= 0.3 is 0 Å². The van der Waals surface area contributed by atoms with Crippen LogP contribution in [0.2, 0.25) is 0 Å². The second-order valence-electron chi connectivity index (χ2n) is 7.04. The summed E-state index contributed by atoms with van der Waals surface area (Å²) in [7, 11) is 0. The molecule has 7 nitrogen and oxygen atoms in total. The van der Waals surface area contributed by atoms with Gasteiger partial charge in [0, 0.05) is 24.3 Å². The topological polar surface area (TPSA) is 93.1 Å². The van der Waals surface area contributed by atoms with Crippen molar-refractivity contribution in [3.8, 4) is 0 Å². The Morgan fingerprint density at radius 3 is 2.75 bits per heavy atom. The monoisotopic (exact) mass is 382 g/mol. The van der Waals surface area contributed by atoms with E-state index in [2.05, 4.69) is 22.5 Å². The normalized spacial score (nSPS) is 12.9. The molecular weight excluding hydrogens is 356 g/mol. The van der Waals surface area contributed by atoms with Crippen molar-refractivity contribution in [2.75, 3.05) is 11.9 Å². The molecule has 3 rings (SSSR count). The molecule has 0 atom stereocenters. The first kappa shape index (κ1) is 19.8. The molecule has 0 saturated carbocycles. The summed E-state index contributed by atoms with van der Waals surface area (Å²) in [6.45, 7) is 4.83. The van der Waals surface area contributed by atoms with E-state index < -0.39 is 0 Å². The maximum atomic E-state index is 12.9. The van der Waals surface area contributed by atoms with Crippen LogP contribution < -0.4 is 10.6 Å². The number of amides is 2. The molecule has 2 heterocycles. The number of Topliss-reactive ketones (excluding diaryl/α,β-unsaturated/α-hetero) is 1. The van der Waals surface area contributed by atoms with Gasteiger partial charge in [0.25, 0.3) is 11.8 Å². The van der Waals surface area contributed by atoms with Gasteiger partial charge in [0.15, 0.2) is 17.3 Å². The van der Waals surface area contributed by atoms with Crippen molar-refractivity contribution in [1.29, 1.82) is 0 Å². The maximum absolute atomic E-state index is 12.9. The van der Waals surface area contributed by atoms with E-state index in [0.29, 0.717) is 36.6 Å².